The normalized spacial score (nSPS) is 32.2. The number of aliphatic hydroxyl groups is 1. The molecule has 3 fully saturated rings. The first-order chi connectivity index (χ1) is 15.9. The highest BCUT2D eigenvalue weighted by Crippen LogP contribution is 2.60. The molecule has 2 amide bonds. The first-order valence-electron chi connectivity index (χ1n) is 11.7. The van der Waals surface area contributed by atoms with Crippen LogP contribution in [0, 0.1) is 11.8 Å². The second kappa shape index (κ2) is 10.1. The number of aliphatic hydroxyl groups excluding tert-OH is 1. The van der Waals surface area contributed by atoms with E-state index in [9.17, 15) is 14.4 Å². The minimum absolute atomic E-state index is 0.0858. The number of esters is 1. The maximum absolute atomic E-state index is 13.6. The van der Waals surface area contributed by atoms with Crippen LogP contribution in [0.1, 0.15) is 38.2 Å². The van der Waals surface area contributed by atoms with Gasteiger partial charge in [-0.3, -0.25) is 14.4 Å². The van der Waals surface area contributed by atoms with Crippen molar-refractivity contribution in [2.75, 3.05) is 19.8 Å². The van der Waals surface area contributed by atoms with Crippen molar-refractivity contribution in [3.63, 3.8) is 0 Å². The highest BCUT2D eigenvalue weighted by molar-refractivity contribution is 9.09. The molecular weight excluding hydrogens is 492 g/mol. The summed E-state index contributed by atoms with van der Waals surface area (Å²) in [6.45, 7) is 2.75. The first-order valence-corrected chi connectivity index (χ1v) is 12.6. The zero-order valence-corrected chi connectivity index (χ0v) is 20.3. The number of benzene rings is 1. The van der Waals surface area contributed by atoms with Gasteiger partial charge >= 0.3 is 5.97 Å². The van der Waals surface area contributed by atoms with E-state index in [-0.39, 0.29) is 29.9 Å². The Morgan fingerprint density at radius 2 is 2.03 bits per heavy atom. The summed E-state index contributed by atoms with van der Waals surface area (Å²) in [6, 6.07) is 8.76. The average Bonchev–Trinajstić information content (AvgIpc) is 3.39. The largest absolute Gasteiger partial charge is 0.466 e. The van der Waals surface area contributed by atoms with Crippen molar-refractivity contribution in [3.05, 3.63) is 35.9 Å². The number of amides is 2. The van der Waals surface area contributed by atoms with E-state index in [2.05, 4.69) is 21.2 Å². The summed E-state index contributed by atoms with van der Waals surface area (Å²) >= 11 is 3.63. The van der Waals surface area contributed by atoms with Gasteiger partial charge in [0, 0.05) is 24.5 Å². The summed E-state index contributed by atoms with van der Waals surface area (Å²) in [5.41, 5.74) is -0.108. The minimum Gasteiger partial charge on any atom is -0.466 e. The van der Waals surface area contributed by atoms with E-state index in [1.54, 1.807) is 11.8 Å². The monoisotopic (exact) mass is 522 g/mol. The Hall–Kier alpha value is -1.97. The predicted molar refractivity (Wildman–Crippen MR) is 123 cm³/mol. The van der Waals surface area contributed by atoms with Crippen molar-refractivity contribution in [3.8, 4) is 0 Å². The molecule has 4 rings (SSSR count). The van der Waals surface area contributed by atoms with Crippen LogP contribution < -0.4 is 5.32 Å². The number of alkyl halides is 1. The van der Waals surface area contributed by atoms with Crippen LogP contribution in [0.3, 0.4) is 0 Å². The summed E-state index contributed by atoms with van der Waals surface area (Å²) < 4.78 is 11.7. The predicted octanol–water partition coefficient (Wildman–Crippen LogP) is 1.78. The van der Waals surface area contributed by atoms with Crippen LogP contribution in [0.2, 0.25) is 0 Å². The fourth-order valence-electron chi connectivity index (χ4n) is 5.63. The molecule has 8 nitrogen and oxygen atoms in total. The molecule has 33 heavy (non-hydrogen) atoms. The van der Waals surface area contributed by atoms with E-state index in [4.69, 9.17) is 14.6 Å². The lowest BCUT2D eigenvalue weighted by Gasteiger charge is -2.34. The number of unbranched alkanes of at least 4 members (excludes halogenated alkanes) is 2. The van der Waals surface area contributed by atoms with Crippen molar-refractivity contribution in [1.29, 1.82) is 0 Å². The molecule has 1 unspecified atom stereocenters. The van der Waals surface area contributed by atoms with Crippen molar-refractivity contribution in [2.24, 2.45) is 11.8 Å². The number of likely N-dealkylation sites (tertiary alicyclic amines) is 1. The number of nitrogens with one attached hydrogen (secondary N) is 1. The van der Waals surface area contributed by atoms with Crippen LogP contribution in [0.25, 0.3) is 0 Å². The molecule has 0 aliphatic carbocycles. The van der Waals surface area contributed by atoms with Crippen LogP contribution in [-0.4, -0.2) is 70.1 Å². The van der Waals surface area contributed by atoms with Crippen molar-refractivity contribution >= 4 is 33.7 Å². The van der Waals surface area contributed by atoms with Gasteiger partial charge in [-0.25, -0.2) is 0 Å². The third-order valence-corrected chi connectivity index (χ3v) is 7.81. The maximum atomic E-state index is 13.6. The molecule has 0 saturated carbocycles. The van der Waals surface area contributed by atoms with Gasteiger partial charge in [0.25, 0.3) is 0 Å². The molecule has 0 radical (unpaired) electrons. The van der Waals surface area contributed by atoms with Gasteiger partial charge in [-0.15, -0.1) is 0 Å². The van der Waals surface area contributed by atoms with Crippen LogP contribution in [0.5, 0.6) is 0 Å². The highest BCUT2D eigenvalue weighted by Gasteiger charge is 2.76. The van der Waals surface area contributed by atoms with Gasteiger partial charge in [-0.05, 0) is 38.2 Å². The molecule has 3 saturated heterocycles. The molecule has 0 aromatic heterocycles. The molecule has 3 aliphatic rings. The Morgan fingerprint density at radius 3 is 2.73 bits per heavy atom. The second-order valence-corrected chi connectivity index (χ2v) is 10.1. The van der Waals surface area contributed by atoms with Gasteiger partial charge in [-0.2, -0.15) is 0 Å². The van der Waals surface area contributed by atoms with E-state index in [0.717, 1.165) is 12.0 Å². The third kappa shape index (κ3) is 4.31. The topological polar surface area (TPSA) is 105 Å². The van der Waals surface area contributed by atoms with Crippen LogP contribution in [-0.2, 0) is 30.4 Å². The molecule has 2 bridgehead atoms. The number of fused-ring (bicyclic) bond motifs is 1. The number of hydrogen-bond acceptors (Lipinski definition) is 6. The standard InChI is InChI=1S/C24H31BrN2O6/c1-2-32-23(31)17-18-22(30)27(11-7-4-8-12-28)20(24(18)13-16(25)19(17)33-24)21(29)26-14-15-9-5-3-6-10-15/h3,5-6,9-10,16-20,28H,2,4,7-8,11-14H2,1H3,(H,26,29)/t16?,17-,18+,19-,20-,24+/m1/s1. The van der Waals surface area contributed by atoms with Gasteiger partial charge in [-0.1, -0.05) is 46.3 Å². The number of halogens is 1. The summed E-state index contributed by atoms with van der Waals surface area (Å²) in [4.78, 5) is 41.5. The molecule has 3 heterocycles. The quantitative estimate of drug-likeness (QED) is 0.275. The summed E-state index contributed by atoms with van der Waals surface area (Å²) in [7, 11) is 0. The van der Waals surface area contributed by atoms with Crippen LogP contribution in [0.4, 0.5) is 0 Å². The lowest BCUT2D eigenvalue weighted by atomic mass is 9.70. The lowest BCUT2D eigenvalue weighted by Crippen LogP contribution is -2.55. The highest BCUT2D eigenvalue weighted by atomic mass is 79.9. The van der Waals surface area contributed by atoms with Crippen molar-refractivity contribution in [1.82, 2.24) is 10.2 Å². The van der Waals surface area contributed by atoms with E-state index in [0.29, 0.717) is 32.4 Å². The molecule has 1 aromatic rings. The third-order valence-electron chi connectivity index (χ3n) is 6.96. The van der Waals surface area contributed by atoms with Gasteiger partial charge in [0.05, 0.1) is 24.5 Å². The number of carbonyl (C=O) groups is 3. The van der Waals surface area contributed by atoms with Gasteiger partial charge in [0.15, 0.2) is 0 Å². The van der Waals surface area contributed by atoms with E-state index >= 15 is 0 Å². The Balaban J connectivity index is 1.61. The summed E-state index contributed by atoms with van der Waals surface area (Å²) in [5, 5.41) is 12.1. The van der Waals surface area contributed by atoms with Gasteiger partial charge in [0.2, 0.25) is 11.8 Å². The number of ether oxygens (including phenoxy) is 2. The van der Waals surface area contributed by atoms with E-state index < -0.39 is 35.6 Å². The Labute approximate surface area is 202 Å². The SMILES string of the molecule is CCOC(=O)[C@H]1[C@@H]2O[C@@]3(CC2Br)[C@@H]1C(=O)N(CCCCCO)[C@@H]3C(=O)NCc1ccccc1. The summed E-state index contributed by atoms with van der Waals surface area (Å²) in [5.74, 6) is -2.42. The average molecular weight is 523 g/mol. The molecule has 2 N–H and O–H groups in total. The van der Waals surface area contributed by atoms with Crippen LogP contribution >= 0.6 is 15.9 Å². The summed E-state index contributed by atoms with van der Waals surface area (Å²) in [6.07, 6.45) is 2.00. The molecule has 6 atom stereocenters. The number of rotatable bonds is 10. The molecule has 9 heteroatoms. The smallest absolute Gasteiger partial charge is 0.312 e. The number of carbonyl (C=O) groups excluding carboxylic acids is 3. The molecule has 1 spiro atoms. The van der Waals surface area contributed by atoms with Crippen LogP contribution in [0.15, 0.2) is 30.3 Å². The van der Waals surface area contributed by atoms with Crippen molar-refractivity contribution < 1.29 is 29.0 Å². The minimum atomic E-state index is -1.06. The first kappa shape index (κ1) is 24.2. The Kier molecular flexibility index (Phi) is 7.40. The molecule has 1 aromatic carbocycles. The van der Waals surface area contributed by atoms with Gasteiger partial charge < -0.3 is 24.8 Å². The Morgan fingerprint density at radius 1 is 1.27 bits per heavy atom. The number of nitrogens with zero attached hydrogens (tertiary/aromatic N) is 1. The Bertz CT molecular complexity index is 883. The molecule has 180 valence electrons. The van der Waals surface area contributed by atoms with Gasteiger partial charge in [0.1, 0.15) is 11.6 Å². The fraction of sp³-hybridized carbons (Fsp3) is 0.625. The maximum Gasteiger partial charge on any atom is 0.312 e. The van der Waals surface area contributed by atoms with Crippen molar-refractivity contribution in [2.45, 2.75) is 61.7 Å². The van der Waals surface area contributed by atoms with E-state index in [1.165, 1.54) is 0 Å². The zero-order chi connectivity index (χ0) is 23.6. The lowest BCUT2D eigenvalue weighted by molar-refractivity contribution is -0.154. The van der Waals surface area contributed by atoms with E-state index in [1.807, 2.05) is 30.3 Å². The molecular formula is C24H31BrN2O6. The molecule has 3 aliphatic heterocycles. The number of hydrogen-bond donors (Lipinski definition) is 2. The zero-order valence-electron chi connectivity index (χ0n) is 18.7. The fourth-order valence-corrected chi connectivity index (χ4v) is 6.57. The second-order valence-electron chi connectivity index (χ2n) is 8.93.